The SMILES string of the molecule is FC(F)(F)c1cn2ccc(CC3CC4(CNC4)C3)cc2n1. The third kappa shape index (κ3) is 2.21. The fraction of sp³-hybridized carbons (Fsp3) is 0.533. The van der Waals surface area contributed by atoms with E-state index in [4.69, 9.17) is 0 Å². The quantitative estimate of drug-likeness (QED) is 0.923. The van der Waals surface area contributed by atoms with Gasteiger partial charge in [0, 0.05) is 25.5 Å². The number of halogens is 3. The Bertz CT molecular complexity index is 677. The van der Waals surface area contributed by atoms with Crippen molar-refractivity contribution in [3.63, 3.8) is 0 Å². The van der Waals surface area contributed by atoms with Crippen LogP contribution < -0.4 is 5.32 Å². The van der Waals surface area contributed by atoms with Gasteiger partial charge in [-0.15, -0.1) is 0 Å². The molecule has 2 aromatic rings. The van der Waals surface area contributed by atoms with E-state index in [1.807, 2.05) is 6.07 Å². The molecule has 0 aromatic carbocycles. The number of alkyl halides is 3. The van der Waals surface area contributed by atoms with E-state index in [0.29, 0.717) is 17.0 Å². The monoisotopic (exact) mass is 295 g/mol. The lowest BCUT2D eigenvalue weighted by atomic mass is 9.57. The van der Waals surface area contributed by atoms with Crippen LogP contribution in [-0.2, 0) is 12.6 Å². The van der Waals surface area contributed by atoms with Gasteiger partial charge in [0.1, 0.15) is 5.65 Å². The predicted octanol–water partition coefficient (Wildman–Crippen LogP) is 2.90. The van der Waals surface area contributed by atoms with Crippen LogP contribution in [0.2, 0.25) is 0 Å². The zero-order chi connectivity index (χ0) is 14.7. The van der Waals surface area contributed by atoms with Gasteiger partial charge in [-0.3, -0.25) is 0 Å². The summed E-state index contributed by atoms with van der Waals surface area (Å²) in [6.45, 7) is 2.25. The molecule has 2 fully saturated rings. The Labute approximate surface area is 120 Å². The van der Waals surface area contributed by atoms with Crippen molar-refractivity contribution in [1.29, 1.82) is 0 Å². The minimum atomic E-state index is -4.39. The summed E-state index contributed by atoms with van der Waals surface area (Å²) in [6.07, 6.45) is 1.72. The van der Waals surface area contributed by atoms with Crippen LogP contribution in [0.4, 0.5) is 13.2 Å². The molecule has 1 N–H and O–H groups in total. The molecular weight excluding hydrogens is 279 g/mol. The van der Waals surface area contributed by atoms with Crippen LogP contribution in [0.25, 0.3) is 5.65 Å². The fourth-order valence-electron chi connectivity index (χ4n) is 3.70. The van der Waals surface area contributed by atoms with Gasteiger partial charge in [-0.05, 0) is 48.3 Å². The maximum atomic E-state index is 12.6. The molecule has 0 atom stereocenters. The van der Waals surface area contributed by atoms with Crippen molar-refractivity contribution in [2.75, 3.05) is 13.1 Å². The second-order valence-electron chi connectivity index (χ2n) is 6.51. The van der Waals surface area contributed by atoms with Gasteiger partial charge < -0.3 is 9.72 Å². The van der Waals surface area contributed by atoms with E-state index in [9.17, 15) is 13.2 Å². The molecule has 112 valence electrons. The Morgan fingerprint density at radius 1 is 1.33 bits per heavy atom. The number of imidazole rings is 1. The molecule has 0 amide bonds. The smallest absolute Gasteiger partial charge is 0.316 e. The lowest BCUT2D eigenvalue weighted by Crippen LogP contribution is -2.60. The minimum absolute atomic E-state index is 0.374. The van der Waals surface area contributed by atoms with E-state index in [-0.39, 0.29) is 0 Å². The van der Waals surface area contributed by atoms with Crippen molar-refractivity contribution in [3.05, 3.63) is 35.8 Å². The summed E-state index contributed by atoms with van der Waals surface area (Å²) in [5, 5.41) is 3.31. The topological polar surface area (TPSA) is 29.3 Å². The van der Waals surface area contributed by atoms with Crippen molar-refractivity contribution in [3.8, 4) is 0 Å². The van der Waals surface area contributed by atoms with E-state index in [0.717, 1.165) is 31.3 Å². The molecule has 0 unspecified atom stereocenters. The zero-order valence-corrected chi connectivity index (χ0v) is 11.5. The molecule has 1 saturated carbocycles. The Kier molecular flexibility index (Phi) is 2.64. The van der Waals surface area contributed by atoms with Gasteiger partial charge in [0.25, 0.3) is 0 Å². The number of nitrogens with one attached hydrogen (secondary N) is 1. The van der Waals surface area contributed by atoms with Crippen molar-refractivity contribution in [2.45, 2.75) is 25.4 Å². The highest BCUT2D eigenvalue weighted by Gasteiger charge is 2.47. The summed E-state index contributed by atoms with van der Waals surface area (Å²) in [7, 11) is 0. The molecule has 3 heterocycles. The summed E-state index contributed by atoms with van der Waals surface area (Å²) >= 11 is 0. The lowest BCUT2D eigenvalue weighted by molar-refractivity contribution is -0.140. The molecule has 1 aliphatic heterocycles. The highest BCUT2D eigenvalue weighted by atomic mass is 19.4. The van der Waals surface area contributed by atoms with Gasteiger partial charge in [0.05, 0.1) is 0 Å². The molecule has 21 heavy (non-hydrogen) atoms. The van der Waals surface area contributed by atoms with Gasteiger partial charge in [-0.1, -0.05) is 0 Å². The molecule has 3 nitrogen and oxygen atoms in total. The Balaban J connectivity index is 1.51. The average Bonchev–Trinajstić information content (AvgIpc) is 2.73. The fourth-order valence-corrected chi connectivity index (χ4v) is 3.70. The average molecular weight is 295 g/mol. The molecule has 0 radical (unpaired) electrons. The summed E-state index contributed by atoms with van der Waals surface area (Å²) in [5.41, 5.74) is 1.15. The van der Waals surface area contributed by atoms with Gasteiger partial charge >= 0.3 is 6.18 Å². The molecule has 2 aromatic heterocycles. The first-order chi connectivity index (χ1) is 9.94. The molecule has 0 bridgehead atoms. The summed E-state index contributed by atoms with van der Waals surface area (Å²) in [5.74, 6) is 0.659. The van der Waals surface area contributed by atoms with E-state index in [2.05, 4.69) is 10.3 Å². The van der Waals surface area contributed by atoms with Crippen LogP contribution in [0, 0.1) is 11.3 Å². The molecule has 1 aliphatic carbocycles. The van der Waals surface area contributed by atoms with Crippen LogP contribution in [-0.4, -0.2) is 22.5 Å². The Hall–Kier alpha value is -1.56. The van der Waals surface area contributed by atoms with E-state index in [1.54, 1.807) is 12.3 Å². The van der Waals surface area contributed by atoms with Crippen LogP contribution in [0.3, 0.4) is 0 Å². The van der Waals surface area contributed by atoms with Crippen molar-refractivity contribution < 1.29 is 13.2 Å². The Morgan fingerprint density at radius 2 is 2.10 bits per heavy atom. The second-order valence-corrected chi connectivity index (χ2v) is 6.51. The number of hydrogen-bond donors (Lipinski definition) is 1. The van der Waals surface area contributed by atoms with E-state index in [1.165, 1.54) is 17.2 Å². The largest absolute Gasteiger partial charge is 0.434 e. The standard InChI is InChI=1S/C15H16F3N3/c16-15(17,18)12-7-21-2-1-10(4-13(21)20-12)3-11-5-14(6-11)8-19-9-14/h1-2,4,7,11,19H,3,5-6,8-9H2. The molecule has 4 rings (SSSR count). The third-order valence-corrected chi connectivity index (χ3v) is 4.78. The highest BCUT2D eigenvalue weighted by Crippen LogP contribution is 2.49. The van der Waals surface area contributed by atoms with Crippen LogP contribution in [0.1, 0.15) is 24.1 Å². The highest BCUT2D eigenvalue weighted by molar-refractivity contribution is 5.43. The first-order valence-corrected chi connectivity index (χ1v) is 7.19. The number of aromatic nitrogens is 2. The number of nitrogens with zero attached hydrogens (tertiary/aromatic N) is 2. The number of rotatable bonds is 2. The maximum absolute atomic E-state index is 12.6. The second kappa shape index (κ2) is 4.22. The van der Waals surface area contributed by atoms with Crippen LogP contribution in [0.15, 0.2) is 24.5 Å². The van der Waals surface area contributed by atoms with Crippen LogP contribution in [0.5, 0.6) is 0 Å². The number of fused-ring (bicyclic) bond motifs is 1. The third-order valence-electron chi connectivity index (χ3n) is 4.78. The van der Waals surface area contributed by atoms with Crippen molar-refractivity contribution >= 4 is 5.65 Å². The lowest BCUT2D eigenvalue weighted by Gasteiger charge is -2.54. The van der Waals surface area contributed by atoms with Gasteiger partial charge in [-0.2, -0.15) is 13.2 Å². The normalized spacial score (nSPS) is 21.5. The Morgan fingerprint density at radius 3 is 2.71 bits per heavy atom. The summed E-state index contributed by atoms with van der Waals surface area (Å²) in [6, 6.07) is 3.68. The number of pyridine rings is 1. The summed E-state index contributed by atoms with van der Waals surface area (Å²) < 4.78 is 39.4. The maximum Gasteiger partial charge on any atom is 0.434 e. The first kappa shape index (κ1) is 13.1. The molecule has 1 spiro atoms. The van der Waals surface area contributed by atoms with E-state index >= 15 is 0 Å². The zero-order valence-electron chi connectivity index (χ0n) is 11.5. The summed E-state index contributed by atoms with van der Waals surface area (Å²) in [4.78, 5) is 3.68. The minimum Gasteiger partial charge on any atom is -0.316 e. The van der Waals surface area contributed by atoms with Gasteiger partial charge in [0.15, 0.2) is 5.69 Å². The first-order valence-electron chi connectivity index (χ1n) is 7.19. The van der Waals surface area contributed by atoms with Gasteiger partial charge in [0.2, 0.25) is 0 Å². The van der Waals surface area contributed by atoms with E-state index < -0.39 is 11.9 Å². The number of hydrogen-bond acceptors (Lipinski definition) is 2. The van der Waals surface area contributed by atoms with Crippen LogP contribution >= 0.6 is 0 Å². The molecular formula is C15H16F3N3. The van der Waals surface area contributed by atoms with Crippen molar-refractivity contribution in [2.24, 2.45) is 11.3 Å². The van der Waals surface area contributed by atoms with Gasteiger partial charge in [-0.25, -0.2) is 4.98 Å². The molecule has 2 aliphatic rings. The predicted molar refractivity (Wildman–Crippen MR) is 71.9 cm³/mol. The molecule has 1 saturated heterocycles. The van der Waals surface area contributed by atoms with Crippen molar-refractivity contribution in [1.82, 2.24) is 14.7 Å². The molecule has 6 heteroatoms.